The summed E-state index contributed by atoms with van der Waals surface area (Å²) in [6.45, 7) is 2.01. The molecule has 0 fully saturated rings. The van der Waals surface area contributed by atoms with E-state index in [9.17, 15) is 0 Å². The van der Waals surface area contributed by atoms with Crippen molar-refractivity contribution in [3.63, 3.8) is 0 Å². The van der Waals surface area contributed by atoms with Crippen molar-refractivity contribution in [1.29, 1.82) is 0 Å². The Morgan fingerprint density at radius 1 is 1.38 bits per heavy atom. The van der Waals surface area contributed by atoms with E-state index in [1.54, 1.807) is 0 Å². The van der Waals surface area contributed by atoms with Gasteiger partial charge < -0.3 is 4.42 Å². The summed E-state index contributed by atoms with van der Waals surface area (Å²) < 4.78 is 6.51. The molecule has 0 aliphatic rings. The second-order valence-corrected chi connectivity index (χ2v) is 4.69. The molecule has 0 radical (unpaired) electrons. The SMILES string of the molecule is Cc1ccc(Br)cc1-c1nnc(CCCl)o1. The van der Waals surface area contributed by atoms with E-state index >= 15 is 0 Å². The van der Waals surface area contributed by atoms with E-state index in [2.05, 4.69) is 26.1 Å². The van der Waals surface area contributed by atoms with Gasteiger partial charge in [-0.1, -0.05) is 22.0 Å². The summed E-state index contributed by atoms with van der Waals surface area (Å²) in [4.78, 5) is 0. The molecular formula is C11H10BrClN2O. The fraction of sp³-hybridized carbons (Fsp3) is 0.273. The molecule has 0 amide bonds. The van der Waals surface area contributed by atoms with Gasteiger partial charge in [-0.3, -0.25) is 0 Å². The Balaban J connectivity index is 2.38. The molecule has 3 nitrogen and oxygen atoms in total. The molecule has 2 rings (SSSR count). The lowest BCUT2D eigenvalue weighted by Crippen LogP contribution is -1.84. The minimum Gasteiger partial charge on any atom is -0.421 e. The zero-order valence-corrected chi connectivity index (χ0v) is 11.0. The van der Waals surface area contributed by atoms with Crippen LogP contribution in [-0.2, 0) is 6.42 Å². The molecule has 0 atom stereocenters. The summed E-state index contributed by atoms with van der Waals surface area (Å²) in [5, 5.41) is 7.95. The van der Waals surface area contributed by atoms with E-state index in [4.69, 9.17) is 16.0 Å². The normalized spacial score (nSPS) is 10.7. The van der Waals surface area contributed by atoms with Gasteiger partial charge in [0.1, 0.15) is 0 Å². The standard InChI is InChI=1S/C11H10BrClN2O/c1-7-2-3-8(12)6-9(7)11-15-14-10(16-11)4-5-13/h2-3,6H,4-5H2,1H3. The smallest absolute Gasteiger partial charge is 0.248 e. The van der Waals surface area contributed by atoms with Crippen molar-refractivity contribution >= 4 is 27.5 Å². The highest BCUT2D eigenvalue weighted by Crippen LogP contribution is 2.25. The maximum absolute atomic E-state index is 5.61. The zero-order valence-electron chi connectivity index (χ0n) is 8.70. The summed E-state index contributed by atoms with van der Waals surface area (Å²) in [6, 6.07) is 5.95. The number of alkyl halides is 1. The number of aromatic nitrogens is 2. The number of rotatable bonds is 3. The van der Waals surface area contributed by atoms with Crippen molar-refractivity contribution in [2.45, 2.75) is 13.3 Å². The average molecular weight is 302 g/mol. The predicted molar refractivity (Wildman–Crippen MR) is 66.6 cm³/mol. The van der Waals surface area contributed by atoms with Crippen LogP contribution in [0.25, 0.3) is 11.5 Å². The summed E-state index contributed by atoms with van der Waals surface area (Å²) in [7, 11) is 0. The molecule has 1 aromatic carbocycles. The maximum atomic E-state index is 5.61. The van der Waals surface area contributed by atoms with Crippen LogP contribution in [0.3, 0.4) is 0 Å². The second kappa shape index (κ2) is 4.97. The molecule has 0 spiro atoms. The van der Waals surface area contributed by atoms with Crippen LogP contribution in [0.1, 0.15) is 11.5 Å². The van der Waals surface area contributed by atoms with Crippen molar-refractivity contribution in [2.24, 2.45) is 0 Å². The Labute approximate surface area is 107 Å². The molecule has 5 heteroatoms. The van der Waals surface area contributed by atoms with Crippen LogP contribution >= 0.6 is 27.5 Å². The van der Waals surface area contributed by atoms with Gasteiger partial charge in [0.2, 0.25) is 11.8 Å². The molecule has 0 aliphatic heterocycles. The average Bonchev–Trinajstić information content (AvgIpc) is 2.71. The molecule has 0 unspecified atom stereocenters. The van der Waals surface area contributed by atoms with Crippen LogP contribution in [0.2, 0.25) is 0 Å². The number of hydrogen-bond acceptors (Lipinski definition) is 3. The first kappa shape index (κ1) is 11.6. The third kappa shape index (κ3) is 2.44. The van der Waals surface area contributed by atoms with Crippen molar-refractivity contribution in [1.82, 2.24) is 10.2 Å². The molecule has 1 heterocycles. The van der Waals surface area contributed by atoms with E-state index < -0.39 is 0 Å². The summed E-state index contributed by atoms with van der Waals surface area (Å²) in [5.41, 5.74) is 2.05. The van der Waals surface area contributed by atoms with Crippen LogP contribution in [0.4, 0.5) is 0 Å². The van der Waals surface area contributed by atoms with E-state index in [-0.39, 0.29) is 0 Å². The van der Waals surface area contributed by atoms with Gasteiger partial charge in [0, 0.05) is 22.3 Å². The lowest BCUT2D eigenvalue weighted by atomic mass is 10.1. The molecule has 0 saturated carbocycles. The molecular weight excluding hydrogens is 291 g/mol. The summed E-state index contributed by atoms with van der Waals surface area (Å²) in [5.74, 6) is 1.60. The van der Waals surface area contributed by atoms with Gasteiger partial charge in [-0.2, -0.15) is 0 Å². The number of benzene rings is 1. The fourth-order valence-electron chi connectivity index (χ4n) is 1.37. The molecule has 0 saturated heterocycles. The second-order valence-electron chi connectivity index (χ2n) is 3.40. The first-order valence-corrected chi connectivity index (χ1v) is 6.18. The van der Waals surface area contributed by atoms with E-state index in [1.165, 1.54) is 0 Å². The Hall–Kier alpha value is -0.870. The minimum absolute atomic E-state index is 0.485. The van der Waals surface area contributed by atoms with E-state index in [0.29, 0.717) is 24.1 Å². The highest BCUT2D eigenvalue weighted by molar-refractivity contribution is 9.10. The van der Waals surface area contributed by atoms with Crippen LogP contribution < -0.4 is 0 Å². The number of aryl methyl sites for hydroxylation is 2. The first-order chi connectivity index (χ1) is 7.70. The van der Waals surface area contributed by atoms with Crippen molar-refractivity contribution < 1.29 is 4.42 Å². The van der Waals surface area contributed by atoms with Gasteiger partial charge in [0.15, 0.2) is 0 Å². The number of hydrogen-bond donors (Lipinski definition) is 0. The van der Waals surface area contributed by atoms with Crippen LogP contribution in [-0.4, -0.2) is 16.1 Å². The van der Waals surface area contributed by atoms with Crippen LogP contribution in [0, 0.1) is 6.92 Å². The third-order valence-corrected chi connectivity index (χ3v) is 2.89. The van der Waals surface area contributed by atoms with Crippen molar-refractivity contribution in [2.75, 3.05) is 5.88 Å². The van der Waals surface area contributed by atoms with Gasteiger partial charge in [-0.25, -0.2) is 0 Å². The van der Waals surface area contributed by atoms with Gasteiger partial charge in [-0.05, 0) is 24.6 Å². The largest absolute Gasteiger partial charge is 0.421 e. The molecule has 0 bridgehead atoms. The maximum Gasteiger partial charge on any atom is 0.248 e. The van der Waals surface area contributed by atoms with Crippen molar-refractivity contribution in [3.05, 3.63) is 34.1 Å². The Morgan fingerprint density at radius 3 is 2.94 bits per heavy atom. The summed E-state index contributed by atoms with van der Waals surface area (Å²) >= 11 is 9.03. The number of halogens is 2. The molecule has 0 aliphatic carbocycles. The third-order valence-electron chi connectivity index (χ3n) is 2.21. The highest BCUT2D eigenvalue weighted by atomic mass is 79.9. The predicted octanol–water partition coefficient (Wildman–Crippen LogP) is 3.59. The van der Waals surface area contributed by atoms with E-state index in [0.717, 1.165) is 15.6 Å². The highest BCUT2D eigenvalue weighted by Gasteiger charge is 2.10. The Kier molecular flexibility index (Phi) is 3.61. The summed E-state index contributed by atoms with van der Waals surface area (Å²) in [6.07, 6.45) is 0.599. The van der Waals surface area contributed by atoms with E-state index in [1.807, 2.05) is 25.1 Å². The molecule has 16 heavy (non-hydrogen) atoms. The molecule has 84 valence electrons. The lowest BCUT2D eigenvalue weighted by Gasteiger charge is -2.00. The fourth-order valence-corrected chi connectivity index (χ4v) is 1.89. The van der Waals surface area contributed by atoms with Crippen molar-refractivity contribution in [3.8, 4) is 11.5 Å². The quantitative estimate of drug-likeness (QED) is 0.813. The molecule has 2 aromatic rings. The molecule has 0 N–H and O–H groups in total. The van der Waals surface area contributed by atoms with Gasteiger partial charge in [0.25, 0.3) is 0 Å². The zero-order chi connectivity index (χ0) is 11.5. The number of nitrogens with zero attached hydrogens (tertiary/aromatic N) is 2. The minimum atomic E-state index is 0.485. The monoisotopic (exact) mass is 300 g/mol. The van der Waals surface area contributed by atoms with Crippen LogP contribution in [0.15, 0.2) is 27.1 Å². The van der Waals surface area contributed by atoms with Gasteiger partial charge in [-0.15, -0.1) is 21.8 Å². The Morgan fingerprint density at radius 2 is 2.19 bits per heavy atom. The first-order valence-electron chi connectivity index (χ1n) is 4.85. The Bertz CT molecular complexity index is 498. The van der Waals surface area contributed by atoms with Gasteiger partial charge in [0.05, 0.1) is 0 Å². The lowest BCUT2D eigenvalue weighted by molar-refractivity contribution is 0.513. The van der Waals surface area contributed by atoms with Crippen LogP contribution in [0.5, 0.6) is 0 Å². The molecule has 1 aromatic heterocycles. The van der Waals surface area contributed by atoms with Gasteiger partial charge >= 0.3 is 0 Å². The topological polar surface area (TPSA) is 38.9 Å².